The molecule has 6 heteroatoms. The number of H-pyrrole nitrogens is 2. The van der Waals surface area contributed by atoms with Gasteiger partial charge in [-0.3, -0.25) is 9.89 Å². The van der Waals surface area contributed by atoms with Gasteiger partial charge >= 0.3 is 0 Å². The average Bonchev–Trinajstić information content (AvgIpc) is 3.31. The van der Waals surface area contributed by atoms with E-state index in [2.05, 4.69) is 15.5 Å². The number of aliphatic hydroxyl groups excluding tert-OH is 1. The largest absolute Gasteiger partial charge is 0.392 e. The summed E-state index contributed by atoms with van der Waals surface area (Å²) in [6, 6.07) is 16.8. The molecule has 2 aromatic heterocycles. The monoisotopic (exact) mass is 356 g/mol. The van der Waals surface area contributed by atoms with Crippen molar-refractivity contribution in [2.45, 2.75) is 6.61 Å². The van der Waals surface area contributed by atoms with Gasteiger partial charge in [0.2, 0.25) is 0 Å². The van der Waals surface area contributed by atoms with Gasteiger partial charge in [0.15, 0.2) is 0 Å². The number of carbonyl (C=O) groups is 1. The molecule has 5 rings (SSSR count). The van der Waals surface area contributed by atoms with Gasteiger partial charge < -0.3 is 15.5 Å². The summed E-state index contributed by atoms with van der Waals surface area (Å²) in [5.74, 6) is -0.221. The van der Waals surface area contributed by atoms with Crippen LogP contribution >= 0.6 is 0 Å². The molecule has 5 aromatic rings. The van der Waals surface area contributed by atoms with Gasteiger partial charge in [-0.25, -0.2) is 4.98 Å². The Morgan fingerprint density at radius 1 is 1.07 bits per heavy atom. The first-order chi connectivity index (χ1) is 13.2. The third-order valence-corrected chi connectivity index (χ3v) is 4.85. The highest BCUT2D eigenvalue weighted by Crippen LogP contribution is 2.31. The molecule has 27 heavy (non-hydrogen) atoms. The number of benzene rings is 3. The molecule has 0 saturated heterocycles. The van der Waals surface area contributed by atoms with Crippen LogP contribution in [0.5, 0.6) is 0 Å². The minimum atomic E-state index is -0.221. The Morgan fingerprint density at radius 2 is 1.96 bits per heavy atom. The lowest BCUT2D eigenvalue weighted by atomic mass is 10.1. The lowest BCUT2D eigenvalue weighted by molar-refractivity contribution is 0.102. The van der Waals surface area contributed by atoms with E-state index >= 15 is 0 Å². The van der Waals surface area contributed by atoms with Crippen LogP contribution in [0.4, 0.5) is 5.69 Å². The number of hydrogen-bond donors (Lipinski definition) is 4. The molecule has 0 unspecified atom stereocenters. The first kappa shape index (κ1) is 15.6. The second-order valence-electron chi connectivity index (χ2n) is 6.45. The van der Waals surface area contributed by atoms with Crippen molar-refractivity contribution in [1.29, 1.82) is 0 Å². The number of aromatic amines is 2. The number of carbonyl (C=O) groups excluding carboxylic acids is 1. The maximum Gasteiger partial charge on any atom is 0.255 e. The number of aliphatic hydroxyl groups is 1. The second kappa shape index (κ2) is 5.96. The van der Waals surface area contributed by atoms with Crippen molar-refractivity contribution in [3.8, 4) is 0 Å². The zero-order chi connectivity index (χ0) is 18.4. The van der Waals surface area contributed by atoms with Crippen molar-refractivity contribution in [3.05, 3.63) is 71.9 Å². The van der Waals surface area contributed by atoms with Gasteiger partial charge in [0.1, 0.15) is 0 Å². The van der Waals surface area contributed by atoms with Gasteiger partial charge in [-0.2, -0.15) is 0 Å². The summed E-state index contributed by atoms with van der Waals surface area (Å²) in [6.07, 6.45) is 1.89. The minimum absolute atomic E-state index is 0.129. The molecule has 0 atom stereocenters. The molecule has 6 nitrogen and oxygen atoms in total. The Kier molecular flexibility index (Phi) is 3.45. The summed E-state index contributed by atoms with van der Waals surface area (Å²) in [5, 5.41) is 21.4. The Balaban J connectivity index is 1.59. The van der Waals surface area contributed by atoms with Gasteiger partial charge in [-0.1, -0.05) is 30.3 Å². The van der Waals surface area contributed by atoms with E-state index in [9.17, 15) is 9.90 Å². The minimum Gasteiger partial charge on any atom is -0.392 e. The highest BCUT2D eigenvalue weighted by molar-refractivity contribution is 6.17. The summed E-state index contributed by atoms with van der Waals surface area (Å²) < 4.78 is 0. The number of para-hydroxylation sites is 1. The van der Waals surface area contributed by atoms with Crippen molar-refractivity contribution in [3.63, 3.8) is 0 Å². The molecular weight excluding hydrogens is 340 g/mol. The SMILES string of the molecule is O=C(Nc1ccccc1CO)c1ccc2nc3c(ccc4c[nH][nH]c43)c2c1. The van der Waals surface area contributed by atoms with Crippen LogP contribution in [0.2, 0.25) is 0 Å². The van der Waals surface area contributed by atoms with Crippen LogP contribution in [0.1, 0.15) is 15.9 Å². The van der Waals surface area contributed by atoms with E-state index in [0.29, 0.717) is 16.8 Å². The summed E-state index contributed by atoms with van der Waals surface area (Å²) in [5.41, 5.74) is 4.51. The summed E-state index contributed by atoms with van der Waals surface area (Å²) in [7, 11) is 0. The molecular formula is C21H16N4O2. The van der Waals surface area contributed by atoms with Crippen molar-refractivity contribution in [1.82, 2.24) is 15.2 Å². The van der Waals surface area contributed by atoms with Crippen molar-refractivity contribution >= 4 is 44.3 Å². The van der Waals surface area contributed by atoms with Crippen LogP contribution in [0.3, 0.4) is 0 Å². The molecule has 0 aliphatic heterocycles. The topological polar surface area (TPSA) is 93.8 Å². The molecule has 3 aromatic carbocycles. The van der Waals surface area contributed by atoms with Gasteiger partial charge in [-0.15, -0.1) is 0 Å². The summed E-state index contributed by atoms with van der Waals surface area (Å²) in [6.45, 7) is -0.129. The fourth-order valence-corrected chi connectivity index (χ4v) is 3.46. The summed E-state index contributed by atoms with van der Waals surface area (Å²) >= 11 is 0. The molecule has 4 N–H and O–H groups in total. The number of aromatic nitrogens is 3. The molecule has 2 heterocycles. The fraction of sp³-hybridized carbons (Fsp3) is 0.0476. The molecule has 0 aliphatic rings. The molecule has 0 spiro atoms. The van der Waals surface area contributed by atoms with Crippen LogP contribution < -0.4 is 5.32 Å². The summed E-state index contributed by atoms with van der Waals surface area (Å²) in [4.78, 5) is 17.4. The smallest absolute Gasteiger partial charge is 0.255 e. The Bertz CT molecular complexity index is 1320. The maximum absolute atomic E-state index is 12.7. The average molecular weight is 356 g/mol. The predicted molar refractivity (Wildman–Crippen MR) is 106 cm³/mol. The normalized spacial score (nSPS) is 11.4. The van der Waals surface area contributed by atoms with Crippen LogP contribution in [0.25, 0.3) is 32.7 Å². The molecule has 0 aliphatic carbocycles. The number of nitrogens with one attached hydrogen (secondary N) is 3. The van der Waals surface area contributed by atoms with E-state index in [0.717, 1.165) is 32.7 Å². The lowest BCUT2D eigenvalue weighted by Crippen LogP contribution is -2.13. The highest BCUT2D eigenvalue weighted by atomic mass is 16.3. The Hall–Kier alpha value is -3.64. The third kappa shape index (κ3) is 2.46. The third-order valence-electron chi connectivity index (χ3n) is 4.85. The maximum atomic E-state index is 12.7. The number of fused-ring (bicyclic) bond motifs is 5. The zero-order valence-electron chi connectivity index (χ0n) is 14.3. The number of anilines is 1. The van der Waals surface area contributed by atoms with Gasteiger partial charge in [0.05, 0.1) is 23.2 Å². The molecule has 1 amide bonds. The Labute approximate surface area is 153 Å². The molecule has 0 bridgehead atoms. The number of rotatable bonds is 3. The number of hydrogen-bond acceptors (Lipinski definition) is 3. The van der Waals surface area contributed by atoms with Crippen molar-refractivity contribution < 1.29 is 9.90 Å². The van der Waals surface area contributed by atoms with Crippen molar-refractivity contribution in [2.24, 2.45) is 0 Å². The van der Waals surface area contributed by atoms with Crippen LogP contribution in [-0.2, 0) is 6.61 Å². The van der Waals surface area contributed by atoms with Crippen molar-refractivity contribution in [2.75, 3.05) is 5.32 Å². The van der Waals surface area contributed by atoms with E-state index in [1.807, 2.05) is 42.6 Å². The van der Waals surface area contributed by atoms with Gasteiger partial charge in [-0.05, 0) is 24.3 Å². The lowest BCUT2D eigenvalue weighted by Gasteiger charge is -2.09. The standard InChI is InChI=1S/C21H16N4O2/c26-11-14-3-1-2-4-17(14)24-21(27)12-6-8-18-16(9-12)15-7-5-13-10-22-25-19(13)20(15)23-18/h1-10,22,25-26H,11H2,(H,24,27). The van der Waals surface area contributed by atoms with Crippen LogP contribution in [0, 0.1) is 0 Å². The van der Waals surface area contributed by atoms with E-state index < -0.39 is 0 Å². The molecule has 132 valence electrons. The first-order valence-corrected chi connectivity index (χ1v) is 8.62. The Morgan fingerprint density at radius 3 is 2.85 bits per heavy atom. The van der Waals surface area contributed by atoms with Crippen LogP contribution in [-0.4, -0.2) is 26.2 Å². The van der Waals surface area contributed by atoms with Gasteiger partial charge in [0, 0.05) is 39.2 Å². The van der Waals surface area contributed by atoms with E-state index in [1.54, 1.807) is 18.2 Å². The number of amides is 1. The predicted octanol–water partition coefficient (Wildman–Crippen LogP) is 3.94. The first-order valence-electron chi connectivity index (χ1n) is 8.62. The molecule has 0 radical (unpaired) electrons. The van der Waals surface area contributed by atoms with Gasteiger partial charge in [0.25, 0.3) is 5.91 Å². The van der Waals surface area contributed by atoms with E-state index in [4.69, 9.17) is 4.98 Å². The quantitative estimate of drug-likeness (QED) is 0.394. The van der Waals surface area contributed by atoms with Crippen LogP contribution in [0.15, 0.2) is 60.8 Å². The second-order valence-corrected chi connectivity index (χ2v) is 6.45. The van der Waals surface area contributed by atoms with E-state index in [1.165, 1.54) is 0 Å². The number of nitrogens with zero attached hydrogens (tertiary/aromatic N) is 1. The highest BCUT2D eigenvalue weighted by Gasteiger charge is 2.14. The molecule has 0 fully saturated rings. The van der Waals surface area contributed by atoms with E-state index in [-0.39, 0.29) is 12.5 Å². The zero-order valence-corrected chi connectivity index (χ0v) is 14.3. The fourth-order valence-electron chi connectivity index (χ4n) is 3.46. The molecule has 0 saturated carbocycles.